The van der Waals surface area contributed by atoms with Gasteiger partial charge in [-0.2, -0.15) is 4.68 Å². The second-order valence-electron chi connectivity index (χ2n) is 5.44. The molecular formula is C16H16F2N4. The third-order valence-corrected chi connectivity index (χ3v) is 3.46. The zero-order valence-corrected chi connectivity index (χ0v) is 12.2. The summed E-state index contributed by atoms with van der Waals surface area (Å²) in [6, 6.07) is 11.4. The minimum Gasteiger partial charge on any atom is -0.237 e. The summed E-state index contributed by atoms with van der Waals surface area (Å²) in [6.45, 7) is 0.949. The monoisotopic (exact) mass is 302 g/mol. The van der Waals surface area contributed by atoms with Gasteiger partial charge in [0, 0.05) is 12.6 Å². The SMILES string of the molecule is CC(F)(F)CCCc1ccc(-n2nnc3ccccc32)nc1. The molecule has 3 aromatic rings. The first kappa shape index (κ1) is 14.6. The summed E-state index contributed by atoms with van der Waals surface area (Å²) < 4.78 is 27.2. The minimum absolute atomic E-state index is 0.109. The van der Waals surface area contributed by atoms with Crippen LogP contribution in [-0.4, -0.2) is 25.9 Å². The van der Waals surface area contributed by atoms with Crippen molar-refractivity contribution in [3.63, 3.8) is 0 Å². The predicted molar refractivity (Wildman–Crippen MR) is 80.2 cm³/mol. The Kier molecular flexibility index (Phi) is 3.83. The van der Waals surface area contributed by atoms with Gasteiger partial charge in [-0.05, 0) is 43.5 Å². The Morgan fingerprint density at radius 1 is 1.14 bits per heavy atom. The van der Waals surface area contributed by atoms with E-state index in [0.29, 0.717) is 18.7 Å². The lowest BCUT2D eigenvalue weighted by Crippen LogP contribution is -2.09. The average molecular weight is 302 g/mol. The number of aromatic nitrogens is 4. The number of hydrogen-bond donors (Lipinski definition) is 0. The van der Waals surface area contributed by atoms with Crippen LogP contribution in [0.1, 0.15) is 25.3 Å². The van der Waals surface area contributed by atoms with Gasteiger partial charge < -0.3 is 0 Å². The number of halogens is 2. The Morgan fingerprint density at radius 3 is 2.68 bits per heavy atom. The van der Waals surface area contributed by atoms with Crippen molar-refractivity contribution < 1.29 is 8.78 Å². The van der Waals surface area contributed by atoms with Crippen molar-refractivity contribution in [1.82, 2.24) is 20.0 Å². The molecule has 0 unspecified atom stereocenters. The molecule has 0 aliphatic rings. The van der Waals surface area contributed by atoms with Gasteiger partial charge in [0.15, 0.2) is 5.82 Å². The molecule has 3 rings (SSSR count). The normalized spacial score (nSPS) is 12.0. The molecule has 4 nitrogen and oxygen atoms in total. The van der Waals surface area contributed by atoms with Gasteiger partial charge in [-0.15, -0.1) is 5.10 Å². The number of nitrogens with zero attached hydrogens (tertiary/aromatic N) is 4. The fraction of sp³-hybridized carbons (Fsp3) is 0.312. The van der Waals surface area contributed by atoms with Crippen LogP contribution in [0.2, 0.25) is 0 Å². The van der Waals surface area contributed by atoms with Crippen molar-refractivity contribution in [3.05, 3.63) is 48.2 Å². The average Bonchev–Trinajstić information content (AvgIpc) is 2.91. The third-order valence-electron chi connectivity index (χ3n) is 3.46. The molecule has 6 heteroatoms. The summed E-state index contributed by atoms with van der Waals surface area (Å²) in [5.74, 6) is -1.94. The molecule has 0 amide bonds. The van der Waals surface area contributed by atoms with E-state index in [2.05, 4.69) is 15.3 Å². The van der Waals surface area contributed by atoms with Crippen LogP contribution < -0.4 is 0 Å². The molecule has 0 bridgehead atoms. The largest absolute Gasteiger partial charge is 0.245 e. The van der Waals surface area contributed by atoms with Gasteiger partial charge in [-0.3, -0.25) is 0 Å². The van der Waals surface area contributed by atoms with Crippen molar-refractivity contribution >= 4 is 11.0 Å². The van der Waals surface area contributed by atoms with E-state index in [-0.39, 0.29) is 6.42 Å². The van der Waals surface area contributed by atoms with E-state index in [9.17, 15) is 8.78 Å². The van der Waals surface area contributed by atoms with E-state index in [1.807, 2.05) is 36.4 Å². The van der Waals surface area contributed by atoms with Gasteiger partial charge in [-0.25, -0.2) is 13.8 Å². The van der Waals surface area contributed by atoms with Crippen LogP contribution >= 0.6 is 0 Å². The Morgan fingerprint density at radius 2 is 1.95 bits per heavy atom. The van der Waals surface area contributed by atoms with Crippen LogP contribution in [0, 0.1) is 0 Å². The van der Waals surface area contributed by atoms with Crippen LogP contribution in [0.15, 0.2) is 42.6 Å². The molecule has 0 N–H and O–H groups in total. The number of hydrogen-bond acceptors (Lipinski definition) is 3. The van der Waals surface area contributed by atoms with E-state index in [4.69, 9.17) is 0 Å². The Balaban J connectivity index is 1.74. The Labute approximate surface area is 126 Å². The van der Waals surface area contributed by atoms with Gasteiger partial charge >= 0.3 is 0 Å². The highest BCUT2D eigenvalue weighted by atomic mass is 19.3. The molecule has 0 atom stereocenters. The number of alkyl halides is 2. The lowest BCUT2D eigenvalue weighted by atomic mass is 10.1. The number of benzene rings is 1. The van der Waals surface area contributed by atoms with Crippen molar-refractivity contribution in [3.8, 4) is 5.82 Å². The molecule has 1 aromatic carbocycles. The molecule has 2 aromatic heterocycles. The third kappa shape index (κ3) is 3.27. The standard InChI is InChI=1S/C16H16F2N4/c1-16(17,18)10-4-5-12-8-9-15(19-11-12)22-14-7-3-2-6-13(14)20-21-22/h2-3,6-9,11H,4-5,10H2,1H3. The fourth-order valence-corrected chi connectivity index (χ4v) is 2.33. The highest BCUT2D eigenvalue weighted by molar-refractivity contribution is 5.75. The maximum absolute atomic E-state index is 12.8. The molecule has 0 aliphatic carbocycles. The zero-order chi connectivity index (χ0) is 15.6. The van der Waals surface area contributed by atoms with Crippen LogP contribution in [0.5, 0.6) is 0 Å². The van der Waals surface area contributed by atoms with Gasteiger partial charge in [0.2, 0.25) is 5.92 Å². The molecule has 0 saturated heterocycles. The molecule has 0 aliphatic heterocycles. The first-order valence-electron chi connectivity index (χ1n) is 7.16. The number of fused-ring (bicyclic) bond motifs is 1. The number of rotatable bonds is 5. The Hall–Kier alpha value is -2.37. The predicted octanol–water partition coefficient (Wildman–Crippen LogP) is 3.79. The van der Waals surface area contributed by atoms with Crippen molar-refractivity contribution in [2.24, 2.45) is 0 Å². The van der Waals surface area contributed by atoms with Crippen LogP contribution in [0.3, 0.4) is 0 Å². The molecule has 0 fully saturated rings. The molecule has 0 radical (unpaired) electrons. The zero-order valence-electron chi connectivity index (χ0n) is 12.2. The summed E-state index contributed by atoms with van der Waals surface area (Å²) in [7, 11) is 0. The lowest BCUT2D eigenvalue weighted by molar-refractivity contribution is 0.0111. The highest BCUT2D eigenvalue weighted by Crippen LogP contribution is 2.20. The van der Waals surface area contributed by atoms with E-state index in [0.717, 1.165) is 23.5 Å². The Bertz CT molecular complexity index is 760. The highest BCUT2D eigenvalue weighted by Gasteiger charge is 2.19. The number of aryl methyl sites for hydroxylation is 1. The summed E-state index contributed by atoms with van der Waals surface area (Å²) in [4.78, 5) is 4.36. The van der Waals surface area contributed by atoms with Crippen LogP contribution in [0.4, 0.5) is 8.78 Å². The molecular weight excluding hydrogens is 286 g/mol. The van der Waals surface area contributed by atoms with Crippen molar-refractivity contribution in [1.29, 1.82) is 0 Å². The first-order chi connectivity index (χ1) is 10.5. The van der Waals surface area contributed by atoms with Crippen molar-refractivity contribution in [2.45, 2.75) is 32.1 Å². The molecule has 22 heavy (non-hydrogen) atoms. The number of para-hydroxylation sites is 1. The maximum atomic E-state index is 12.8. The lowest BCUT2D eigenvalue weighted by Gasteiger charge is -2.09. The maximum Gasteiger partial charge on any atom is 0.245 e. The minimum atomic E-state index is -2.60. The van der Waals surface area contributed by atoms with Gasteiger partial charge in [0.05, 0.1) is 5.52 Å². The van der Waals surface area contributed by atoms with Crippen LogP contribution in [-0.2, 0) is 6.42 Å². The second kappa shape index (κ2) is 5.79. The van der Waals surface area contributed by atoms with E-state index >= 15 is 0 Å². The van der Waals surface area contributed by atoms with E-state index in [1.54, 1.807) is 10.9 Å². The summed E-state index contributed by atoms with van der Waals surface area (Å²) in [5.41, 5.74) is 2.63. The summed E-state index contributed by atoms with van der Waals surface area (Å²) >= 11 is 0. The van der Waals surface area contributed by atoms with Crippen molar-refractivity contribution in [2.75, 3.05) is 0 Å². The summed E-state index contributed by atoms with van der Waals surface area (Å²) in [5, 5.41) is 8.18. The molecule has 114 valence electrons. The first-order valence-corrected chi connectivity index (χ1v) is 7.16. The quantitative estimate of drug-likeness (QED) is 0.720. The van der Waals surface area contributed by atoms with Gasteiger partial charge in [-0.1, -0.05) is 23.4 Å². The van der Waals surface area contributed by atoms with Crippen LogP contribution in [0.25, 0.3) is 16.9 Å². The smallest absolute Gasteiger partial charge is 0.237 e. The van der Waals surface area contributed by atoms with E-state index in [1.165, 1.54) is 0 Å². The topological polar surface area (TPSA) is 43.6 Å². The second-order valence-corrected chi connectivity index (χ2v) is 5.44. The molecule has 0 spiro atoms. The molecule has 2 heterocycles. The van der Waals surface area contributed by atoms with Gasteiger partial charge in [0.1, 0.15) is 5.52 Å². The fourth-order valence-electron chi connectivity index (χ4n) is 2.33. The molecule has 0 saturated carbocycles. The number of pyridine rings is 1. The summed E-state index contributed by atoms with van der Waals surface area (Å²) in [6.07, 6.45) is 2.63. The van der Waals surface area contributed by atoms with Gasteiger partial charge in [0.25, 0.3) is 0 Å². The van der Waals surface area contributed by atoms with E-state index < -0.39 is 5.92 Å².